The predicted molar refractivity (Wildman–Crippen MR) is 129 cm³/mol. The lowest BCUT2D eigenvalue weighted by Crippen LogP contribution is -2.55. The van der Waals surface area contributed by atoms with E-state index < -0.39 is 6.04 Å². The van der Waals surface area contributed by atoms with E-state index in [4.69, 9.17) is 0 Å². The summed E-state index contributed by atoms with van der Waals surface area (Å²) in [6.07, 6.45) is 5.13. The number of rotatable bonds is 3. The quantitative estimate of drug-likeness (QED) is 0.624. The Morgan fingerprint density at radius 3 is 2.46 bits per heavy atom. The second-order valence-corrected chi connectivity index (χ2v) is 10.9. The van der Waals surface area contributed by atoms with Gasteiger partial charge in [-0.1, -0.05) is 0 Å². The zero-order chi connectivity index (χ0) is 24.2. The van der Waals surface area contributed by atoms with Crippen molar-refractivity contribution in [3.63, 3.8) is 0 Å². The fourth-order valence-corrected chi connectivity index (χ4v) is 6.73. The number of fused-ring (bicyclic) bond motifs is 1. The summed E-state index contributed by atoms with van der Waals surface area (Å²) in [4.78, 5) is 55.7. The van der Waals surface area contributed by atoms with Crippen molar-refractivity contribution in [2.75, 3.05) is 44.2 Å². The van der Waals surface area contributed by atoms with Crippen LogP contribution in [0.4, 0.5) is 5.69 Å². The molecule has 0 bridgehead atoms. The highest BCUT2D eigenvalue weighted by Crippen LogP contribution is 2.52. The van der Waals surface area contributed by atoms with Crippen LogP contribution in [0.3, 0.4) is 0 Å². The van der Waals surface area contributed by atoms with E-state index in [0.717, 1.165) is 63.4 Å². The molecule has 6 rings (SSSR count). The first-order chi connectivity index (χ1) is 16.9. The summed E-state index contributed by atoms with van der Waals surface area (Å²) in [6, 6.07) is 5.27. The maximum absolute atomic E-state index is 13.1. The van der Waals surface area contributed by atoms with Gasteiger partial charge in [0.05, 0.1) is 0 Å². The number of carbonyl (C=O) groups excluding carboxylic acids is 4. The van der Waals surface area contributed by atoms with Gasteiger partial charge in [-0.05, 0) is 74.4 Å². The average Bonchev–Trinajstić information content (AvgIpc) is 3.18. The lowest BCUT2D eigenvalue weighted by atomic mass is 9.57. The van der Waals surface area contributed by atoms with Crippen molar-refractivity contribution in [2.24, 2.45) is 11.3 Å². The third-order valence-corrected chi connectivity index (χ3v) is 8.84. The van der Waals surface area contributed by atoms with E-state index in [0.29, 0.717) is 29.9 Å². The molecule has 4 heterocycles. The number of nitrogens with one attached hydrogen (secondary N) is 2. The molecular weight excluding hydrogens is 446 g/mol. The molecule has 9 heteroatoms. The number of piperidine rings is 2. The Bertz CT molecular complexity index is 1070. The van der Waals surface area contributed by atoms with Gasteiger partial charge in [0.25, 0.3) is 5.91 Å². The van der Waals surface area contributed by atoms with Crippen LogP contribution < -0.4 is 15.5 Å². The molecule has 4 fully saturated rings. The van der Waals surface area contributed by atoms with E-state index in [1.165, 1.54) is 12.8 Å². The SMILES string of the molecule is O=C1CC[C@H](N2Cc3cc(N4CCN(C(=O)C5CC6(CCNCC6)C5)CC4)ccc3C2=O)C(=O)N1. The van der Waals surface area contributed by atoms with Gasteiger partial charge in [0.15, 0.2) is 0 Å². The number of imide groups is 1. The van der Waals surface area contributed by atoms with Crippen LogP contribution in [0.2, 0.25) is 0 Å². The highest BCUT2D eigenvalue weighted by atomic mass is 16.2. The summed E-state index contributed by atoms with van der Waals surface area (Å²) in [5, 5.41) is 5.77. The van der Waals surface area contributed by atoms with Gasteiger partial charge >= 0.3 is 0 Å². The molecule has 1 aromatic rings. The van der Waals surface area contributed by atoms with Gasteiger partial charge in [-0.3, -0.25) is 24.5 Å². The number of carbonyl (C=O) groups is 4. The Labute approximate surface area is 205 Å². The molecule has 0 unspecified atom stereocenters. The van der Waals surface area contributed by atoms with Crippen LogP contribution >= 0.6 is 0 Å². The van der Waals surface area contributed by atoms with Crippen LogP contribution in [-0.2, 0) is 20.9 Å². The topological polar surface area (TPSA) is 102 Å². The molecule has 4 amide bonds. The van der Waals surface area contributed by atoms with E-state index in [-0.39, 0.29) is 30.1 Å². The minimum atomic E-state index is -0.596. The molecule has 35 heavy (non-hydrogen) atoms. The van der Waals surface area contributed by atoms with Gasteiger partial charge < -0.3 is 20.0 Å². The summed E-state index contributed by atoms with van der Waals surface area (Å²) in [6.45, 7) is 5.54. The van der Waals surface area contributed by atoms with Gasteiger partial charge in [-0.15, -0.1) is 0 Å². The zero-order valence-corrected chi connectivity index (χ0v) is 20.1. The van der Waals surface area contributed by atoms with Crippen molar-refractivity contribution in [1.82, 2.24) is 20.4 Å². The normalized spacial score (nSPS) is 26.6. The molecule has 186 valence electrons. The number of nitrogens with zero attached hydrogens (tertiary/aromatic N) is 3. The lowest BCUT2D eigenvalue weighted by molar-refractivity contribution is -0.145. The number of anilines is 1. The van der Waals surface area contributed by atoms with Crippen molar-refractivity contribution < 1.29 is 19.2 Å². The average molecular weight is 480 g/mol. The molecule has 1 atom stereocenters. The molecular formula is C26H33N5O4. The van der Waals surface area contributed by atoms with Crippen molar-refractivity contribution >= 4 is 29.3 Å². The molecule has 2 N–H and O–H groups in total. The van der Waals surface area contributed by atoms with E-state index in [9.17, 15) is 19.2 Å². The van der Waals surface area contributed by atoms with Crippen LogP contribution in [0.5, 0.6) is 0 Å². The Balaban J connectivity index is 1.05. The summed E-state index contributed by atoms with van der Waals surface area (Å²) in [5.74, 6) is -0.292. The van der Waals surface area contributed by atoms with Crippen LogP contribution in [0.25, 0.3) is 0 Å². The summed E-state index contributed by atoms with van der Waals surface area (Å²) >= 11 is 0. The summed E-state index contributed by atoms with van der Waals surface area (Å²) in [7, 11) is 0. The summed E-state index contributed by atoms with van der Waals surface area (Å²) < 4.78 is 0. The van der Waals surface area contributed by atoms with E-state index >= 15 is 0 Å². The third kappa shape index (κ3) is 3.99. The molecule has 0 radical (unpaired) electrons. The Morgan fingerprint density at radius 2 is 1.74 bits per heavy atom. The molecule has 1 aromatic carbocycles. The maximum atomic E-state index is 13.1. The van der Waals surface area contributed by atoms with Crippen LogP contribution in [-0.4, -0.2) is 78.7 Å². The second kappa shape index (κ2) is 8.62. The number of hydrogen-bond acceptors (Lipinski definition) is 6. The van der Waals surface area contributed by atoms with E-state index in [1.54, 1.807) is 4.90 Å². The highest BCUT2D eigenvalue weighted by molar-refractivity contribution is 6.05. The maximum Gasteiger partial charge on any atom is 0.255 e. The van der Waals surface area contributed by atoms with Crippen molar-refractivity contribution in [1.29, 1.82) is 0 Å². The molecule has 1 aliphatic carbocycles. The monoisotopic (exact) mass is 479 g/mol. The molecule has 9 nitrogen and oxygen atoms in total. The zero-order valence-electron chi connectivity index (χ0n) is 20.1. The van der Waals surface area contributed by atoms with Gasteiger partial charge in [0.1, 0.15) is 6.04 Å². The Kier molecular flexibility index (Phi) is 5.55. The van der Waals surface area contributed by atoms with Crippen molar-refractivity contribution in [3.8, 4) is 0 Å². The van der Waals surface area contributed by atoms with Gasteiger partial charge in [-0.25, -0.2) is 0 Å². The van der Waals surface area contributed by atoms with Gasteiger partial charge in [0.2, 0.25) is 17.7 Å². The van der Waals surface area contributed by atoms with Crippen LogP contribution in [0.15, 0.2) is 18.2 Å². The fourth-order valence-electron chi connectivity index (χ4n) is 6.73. The standard InChI is InChI=1S/C26H33N5O4/c32-22-4-3-21(23(33)28-22)31-16-17-13-19(1-2-20(17)25(31)35)29-9-11-30(12-10-29)24(34)18-14-26(15-18)5-7-27-8-6-26/h1-2,13,18,21,27H,3-12,14-16H2,(H,28,32,33)/t21-/m0/s1. The lowest BCUT2D eigenvalue weighted by Gasteiger charge is -2.51. The smallest absolute Gasteiger partial charge is 0.255 e. The molecule has 0 aromatic heterocycles. The van der Waals surface area contributed by atoms with Crippen molar-refractivity contribution in [3.05, 3.63) is 29.3 Å². The van der Waals surface area contributed by atoms with Crippen LogP contribution in [0, 0.1) is 11.3 Å². The molecule has 5 aliphatic rings. The minimum Gasteiger partial charge on any atom is -0.368 e. The third-order valence-electron chi connectivity index (χ3n) is 8.84. The second-order valence-electron chi connectivity index (χ2n) is 10.9. The fraction of sp³-hybridized carbons (Fsp3) is 0.615. The van der Waals surface area contributed by atoms with E-state index in [2.05, 4.69) is 15.5 Å². The van der Waals surface area contributed by atoms with Gasteiger partial charge in [-0.2, -0.15) is 0 Å². The Hall–Kier alpha value is -2.94. The predicted octanol–water partition coefficient (Wildman–Crippen LogP) is 0.876. The number of amides is 4. The number of piperazine rings is 1. The van der Waals surface area contributed by atoms with E-state index in [1.807, 2.05) is 23.1 Å². The van der Waals surface area contributed by atoms with Crippen LogP contribution in [0.1, 0.15) is 54.4 Å². The molecule has 1 spiro atoms. The first-order valence-corrected chi connectivity index (χ1v) is 12.9. The first kappa shape index (κ1) is 22.5. The molecule has 3 saturated heterocycles. The first-order valence-electron chi connectivity index (χ1n) is 12.9. The molecule has 1 saturated carbocycles. The number of hydrogen-bond donors (Lipinski definition) is 2. The largest absolute Gasteiger partial charge is 0.368 e. The number of benzene rings is 1. The van der Waals surface area contributed by atoms with Gasteiger partial charge in [0, 0.05) is 56.3 Å². The minimum absolute atomic E-state index is 0.150. The molecule has 4 aliphatic heterocycles. The highest BCUT2D eigenvalue weighted by Gasteiger charge is 2.48. The van der Waals surface area contributed by atoms with Crippen molar-refractivity contribution in [2.45, 2.75) is 51.1 Å². The Morgan fingerprint density at radius 1 is 1.00 bits per heavy atom. The summed E-state index contributed by atoms with van der Waals surface area (Å²) in [5.41, 5.74) is 3.00.